The van der Waals surface area contributed by atoms with Crippen molar-refractivity contribution in [1.29, 1.82) is 0 Å². The molecular formula is C41H49F2N7O4S. The number of rotatable bonds is 11. The monoisotopic (exact) mass is 773 g/mol. The smallest absolute Gasteiger partial charge is 0.243 e. The Balaban J connectivity index is 1.06. The van der Waals surface area contributed by atoms with Crippen molar-refractivity contribution in [1.82, 2.24) is 25.4 Å². The maximum absolute atomic E-state index is 14.5. The van der Waals surface area contributed by atoms with E-state index in [-0.39, 0.29) is 66.0 Å². The van der Waals surface area contributed by atoms with Crippen LogP contribution < -0.4 is 16.0 Å². The van der Waals surface area contributed by atoms with Gasteiger partial charge in [0.1, 0.15) is 23.5 Å². The first-order valence-corrected chi connectivity index (χ1v) is 19.6. The van der Waals surface area contributed by atoms with Crippen LogP contribution in [0.5, 0.6) is 0 Å². The van der Waals surface area contributed by atoms with E-state index in [2.05, 4.69) is 20.5 Å². The number of halogens is 2. The van der Waals surface area contributed by atoms with Crippen LogP contribution in [0, 0.1) is 35.8 Å². The number of aliphatic hydroxyl groups excluding tert-OH is 1. The number of nitrogens with zero attached hydrogens (tertiary/aromatic N) is 5. The van der Waals surface area contributed by atoms with Crippen LogP contribution in [0.4, 0.5) is 20.3 Å². The molecule has 292 valence electrons. The van der Waals surface area contributed by atoms with Gasteiger partial charge in [0.2, 0.25) is 11.8 Å². The van der Waals surface area contributed by atoms with Crippen LogP contribution in [0.3, 0.4) is 0 Å². The van der Waals surface area contributed by atoms with Gasteiger partial charge in [-0.25, -0.2) is 13.8 Å². The molecule has 14 heteroatoms. The number of thiazole rings is 1. The molecule has 11 nitrogen and oxygen atoms in total. The molecule has 4 heterocycles. The molecule has 4 aromatic rings. The highest BCUT2D eigenvalue weighted by Crippen LogP contribution is 2.36. The lowest BCUT2D eigenvalue weighted by Gasteiger charge is -2.36. The Morgan fingerprint density at radius 2 is 1.76 bits per heavy atom. The second-order valence-corrected chi connectivity index (χ2v) is 16.8. The first-order valence-electron chi connectivity index (χ1n) is 18.7. The summed E-state index contributed by atoms with van der Waals surface area (Å²) in [4.78, 5) is 50.4. The Labute approximate surface area is 324 Å². The Hall–Kier alpha value is -4.82. The zero-order chi connectivity index (χ0) is 39.6. The lowest BCUT2D eigenvalue weighted by Crippen LogP contribution is -2.50. The number of hydrogen-bond acceptors (Lipinski definition) is 10. The zero-order valence-electron chi connectivity index (χ0n) is 31.9. The van der Waals surface area contributed by atoms with Crippen molar-refractivity contribution >= 4 is 40.4 Å². The van der Waals surface area contributed by atoms with E-state index in [9.17, 15) is 28.3 Å². The number of ketones is 1. The summed E-state index contributed by atoms with van der Waals surface area (Å²) in [5, 5.41) is 21.8. The fraction of sp³-hybridized carbons (Fsp3) is 0.463. The van der Waals surface area contributed by atoms with Crippen LogP contribution in [-0.2, 0) is 14.4 Å². The molecular weight excluding hydrogens is 725 g/mol. The van der Waals surface area contributed by atoms with E-state index in [0.717, 1.165) is 33.8 Å². The number of benzene rings is 2. The lowest BCUT2D eigenvalue weighted by molar-refractivity contribution is -0.146. The van der Waals surface area contributed by atoms with E-state index in [1.54, 1.807) is 17.4 Å². The number of nitrogen functional groups attached to an aromatic ring is 1. The average molecular weight is 774 g/mol. The summed E-state index contributed by atoms with van der Waals surface area (Å²) in [6.07, 6.45) is 0.973. The highest BCUT2D eigenvalue weighted by atomic mass is 32.1. The van der Waals surface area contributed by atoms with Gasteiger partial charge >= 0.3 is 0 Å². The van der Waals surface area contributed by atoms with E-state index in [0.29, 0.717) is 38.0 Å². The topological polar surface area (TPSA) is 155 Å². The van der Waals surface area contributed by atoms with Gasteiger partial charge in [0.05, 0.1) is 39.6 Å². The molecule has 2 aromatic heterocycles. The first kappa shape index (κ1) is 39.9. The van der Waals surface area contributed by atoms with Gasteiger partial charge in [-0.15, -0.1) is 21.5 Å². The van der Waals surface area contributed by atoms with Gasteiger partial charge in [-0.05, 0) is 67.3 Å². The number of hydrogen-bond donors (Lipinski definition) is 3. The van der Waals surface area contributed by atoms with Crippen LogP contribution in [0.15, 0.2) is 54.0 Å². The van der Waals surface area contributed by atoms with Crippen molar-refractivity contribution in [2.45, 2.75) is 84.9 Å². The molecule has 4 atom stereocenters. The van der Waals surface area contributed by atoms with E-state index in [1.165, 1.54) is 11.0 Å². The van der Waals surface area contributed by atoms with E-state index >= 15 is 0 Å². The molecule has 4 N–H and O–H groups in total. The number of aliphatic hydroxyl groups is 1. The molecule has 0 aliphatic carbocycles. The standard InChI is InChI=1S/C41H49F2N7O4S/c1-23(26-6-8-27(9-7-26)37-24(2)45-22-55-37)46-39(53)36-19-30(52)21-50(36)40(54)32(41(3,4)5)18-29(51)16-25-12-14-49(15-13-25)35-20-34(47-48-38(35)44)31-11-10-28(42)17-33(31)43/h6-11,17,20,22-23,25,30,32,36,52H,12-16,18-19,21H2,1-5H3,(H2,44,48)(H,46,53)/t23-,30+,32+,36-/m0/s1. The van der Waals surface area contributed by atoms with Crippen molar-refractivity contribution in [2.75, 3.05) is 30.3 Å². The molecule has 0 unspecified atom stereocenters. The Kier molecular flexibility index (Phi) is 12.0. The van der Waals surface area contributed by atoms with Gasteiger partial charge in [0.15, 0.2) is 5.82 Å². The number of aryl methyl sites for hydroxylation is 1. The van der Waals surface area contributed by atoms with E-state index < -0.39 is 35.1 Å². The summed E-state index contributed by atoms with van der Waals surface area (Å²) in [7, 11) is 0. The van der Waals surface area contributed by atoms with Crippen molar-refractivity contribution in [3.8, 4) is 21.7 Å². The van der Waals surface area contributed by atoms with Crippen LogP contribution in [-0.4, -0.2) is 74.6 Å². The lowest BCUT2D eigenvalue weighted by atomic mass is 9.75. The Morgan fingerprint density at radius 1 is 1.05 bits per heavy atom. The highest BCUT2D eigenvalue weighted by Gasteiger charge is 2.45. The van der Waals surface area contributed by atoms with Crippen molar-refractivity contribution < 1.29 is 28.3 Å². The number of carbonyl (C=O) groups excluding carboxylic acids is 3. The van der Waals surface area contributed by atoms with Crippen molar-refractivity contribution in [3.63, 3.8) is 0 Å². The third-order valence-corrected chi connectivity index (χ3v) is 11.9. The van der Waals surface area contributed by atoms with Crippen molar-refractivity contribution in [3.05, 3.63) is 76.9 Å². The van der Waals surface area contributed by atoms with Crippen LogP contribution in [0.2, 0.25) is 0 Å². The number of aromatic nitrogens is 3. The molecule has 0 radical (unpaired) electrons. The van der Waals surface area contributed by atoms with E-state index in [1.807, 2.05) is 69.3 Å². The summed E-state index contributed by atoms with van der Waals surface area (Å²) in [5.41, 5.74) is 11.3. The molecule has 2 aliphatic heterocycles. The minimum atomic E-state index is -0.858. The van der Waals surface area contributed by atoms with Gasteiger partial charge in [0, 0.05) is 56.4 Å². The molecule has 2 aliphatic rings. The predicted molar refractivity (Wildman–Crippen MR) is 209 cm³/mol. The molecule has 2 amide bonds. The number of nitrogens with two attached hydrogens (primary N) is 1. The maximum atomic E-state index is 14.5. The van der Waals surface area contributed by atoms with Gasteiger partial charge in [-0.3, -0.25) is 14.4 Å². The third kappa shape index (κ3) is 9.18. The largest absolute Gasteiger partial charge is 0.391 e. The molecule has 2 saturated heterocycles. The number of β-amino-alcohol motifs (C(OH)–C–C–N with tert-alkyl or cyclic N) is 1. The second kappa shape index (κ2) is 16.5. The molecule has 55 heavy (non-hydrogen) atoms. The van der Waals surface area contributed by atoms with Crippen molar-refractivity contribution in [2.24, 2.45) is 17.3 Å². The number of nitrogens with one attached hydrogen (secondary N) is 1. The Morgan fingerprint density at radius 3 is 2.40 bits per heavy atom. The van der Waals surface area contributed by atoms with Crippen LogP contribution in [0.1, 0.15) is 77.1 Å². The molecule has 0 saturated carbocycles. The quantitative estimate of drug-likeness (QED) is 0.155. The second-order valence-electron chi connectivity index (χ2n) is 15.9. The fourth-order valence-electron chi connectivity index (χ4n) is 7.65. The number of Topliss-reactive ketones (excluding diaryl/α,β-unsaturated/α-hetero) is 1. The SMILES string of the molecule is Cc1ncsc1-c1ccc([C@H](C)NC(=O)[C@@H]2C[C@@H](O)CN2C(=O)[C@@H](CC(=O)CC2CCN(c3cc(-c4ccc(F)cc4F)nnc3N)CC2)C(C)(C)C)cc1. The Bertz CT molecular complexity index is 2030. The normalized spacial score (nSPS) is 19.0. The summed E-state index contributed by atoms with van der Waals surface area (Å²) < 4.78 is 28.0. The number of anilines is 2. The minimum absolute atomic E-state index is 0.0237. The van der Waals surface area contributed by atoms with Gasteiger partial charge in [-0.1, -0.05) is 45.0 Å². The molecule has 2 fully saturated rings. The minimum Gasteiger partial charge on any atom is -0.391 e. The molecule has 2 aromatic carbocycles. The number of piperidine rings is 1. The molecule has 0 bridgehead atoms. The number of likely N-dealkylation sites (tertiary alicyclic amines) is 1. The summed E-state index contributed by atoms with van der Waals surface area (Å²) in [6, 6.07) is 11.7. The molecule has 0 spiro atoms. The van der Waals surface area contributed by atoms with Gasteiger partial charge in [-0.2, -0.15) is 0 Å². The average Bonchev–Trinajstić information content (AvgIpc) is 3.76. The summed E-state index contributed by atoms with van der Waals surface area (Å²) in [6.45, 7) is 10.8. The number of amides is 2. The fourth-order valence-corrected chi connectivity index (χ4v) is 8.46. The first-order chi connectivity index (χ1) is 26.1. The summed E-state index contributed by atoms with van der Waals surface area (Å²) in [5.74, 6) is -2.53. The summed E-state index contributed by atoms with van der Waals surface area (Å²) >= 11 is 1.57. The van der Waals surface area contributed by atoms with E-state index in [4.69, 9.17) is 5.73 Å². The third-order valence-electron chi connectivity index (χ3n) is 10.9. The van der Waals surface area contributed by atoms with Crippen LogP contribution in [0.25, 0.3) is 21.7 Å². The van der Waals surface area contributed by atoms with Crippen LogP contribution >= 0.6 is 11.3 Å². The van der Waals surface area contributed by atoms with Gasteiger partial charge in [0.25, 0.3) is 0 Å². The highest BCUT2D eigenvalue weighted by molar-refractivity contribution is 7.13. The maximum Gasteiger partial charge on any atom is 0.243 e. The van der Waals surface area contributed by atoms with Gasteiger partial charge < -0.3 is 26.0 Å². The zero-order valence-corrected chi connectivity index (χ0v) is 32.7. The number of carbonyl (C=O) groups is 3. The predicted octanol–water partition coefficient (Wildman–Crippen LogP) is 6.50. The molecule has 6 rings (SSSR count).